The molecule has 1 fully saturated rings. The van der Waals surface area contributed by atoms with Crippen molar-refractivity contribution in [2.45, 2.75) is 30.9 Å². The van der Waals surface area contributed by atoms with E-state index in [2.05, 4.69) is 11.6 Å². The lowest BCUT2D eigenvalue weighted by atomic mass is 9.88. The second-order valence-corrected chi connectivity index (χ2v) is 4.86. The van der Waals surface area contributed by atoms with Gasteiger partial charge in [0.15, 0.2) is 0 Å². The summed E-state index contributed by atoms with van der Waals surface area (Å²) in [5, 5.41) is 12.1. The van der Waals surface area contributed by atoms with Gasteiger partial charge in [0.1, 0.15) is 0 Å². The Balaban J connectivity index is 2.23. The van der Waals surface area contributed by atoms with Gasteiger partial charge in [0.2, 0.25) is 5.91 Å². The van der Waals surface area contributed by atoms with Crippen molar-refractivity contribution in [1.82, 2.24) is 5.32 Å². The molecule has 3 nitrogen and oxygen atoms in total. The zero-order chi connectivity index (χ0) is 10.4. The highest BCUT2D eigenvalue weighted by Crippen LogP contribution is 2.30. The first-order valence-corrected chi connectivity index (χ1v) is 6.48. The second kappa shape index (κ2) is 6.30. The minimum absolute atomic E-state index is 0.0336. The van der Waals surface area contributed by atoms with Crippen LogP contribution < -0.4 is 5.32 Å². The topological polar surface area (TPSA) is 49.3 Å². The first-order chi connectivity index (χ1) is 6.77. The molecule has 1 aliphatic rings. The van der Waals surface area contributed by atoms with E-state index >= 15 is 0 Å². The van der Waals surface area contributed by atoms with E-state index in [4.69, 9.17) is 5.11 Å². The van der Waals surface area contributed by atoms with Crippen molar-refractivity contribution >= 4 is 17.7 Å². The third kappa shape index (κ3) is 3.50. The van der Waals surface area contributed by atoms with Crippen molar-refractivity contribution in [1.29, 1.82) is 0 Å². The summed E-state index contributed by atoms with van der Waals surface area (Å²) in [6, 6.07) is 0. The van der Waals surface area contributed by atoms with Crippen LogP contribution in [0.3, 0.4) is 0 Å². The minimum atomic E-state index is 0.0336. The molecular formula is C10H19NO2S. The Morgan fingerprint density at radius 3 is 2.57 bits per heavy atom. The smallest absolute Gasteiger partial charge is 0.223 e. The predicted octanol–water partition coefficient (Wildman–Crippen LogP) is 1.02. The SMILES string of the molecule is CSC1CCC(C(=O)NCCO)CC1. The Morgan fingerprint density at radius 1 is 1.43 bits per heavy atom. The Bertz CT molecular complexity index is 179. The van der Waals surface area contributed by atoms with Crippen molar-refractivity contribution in [3.8, 4) is 0 Å². The van der Waals surface area contributed by atoms with Gasteiger partial charge in [-0.1, -0.05) is 0 Å². The summed E-state index contributed by atoms with van der Waals surface area (Å²) >= 11 is 1.91. The molecule has 0 aliphatic heterocycles. The number of aliphatic hydroxyl groups excluding tert-OH is 1. The van der Waals surface area contributed by atoms with Crippen LogP contribution in [0.1, 0.15) is 25.7 Å². The molecule has 0 aromatic heterocycles. The maximum absolute atomic E-state index is 11.5. The van der Waals surface area contributed by atoms with Gasteiger partial charge >= 0.3 is 0 Å². The van der Waals surface area contributed by atoms with E-state index in [1.54, 1.807) is 0 Å². The van der Waals surface area contributed by atoms with E-state index in [-0.39, 0.29) is 18.4 Å². The van der Waals surface area contributed by atoms with Crippen LogP contribution in [0.4, 0.5) is 0 Å². The highest BCUT2D eigenvalue weighted by atomic mass is 32.2. The van der Waals surface area contributed by atoms with Gasteiger partial charge in [-0.05, 0) is 31.9 Å². The molecule has 1 aliphatic carbocycles. The molecule has 0 heterocycles. The van der Waals surface area contributed by atoms with E-state index in [1.807, 2.05) is 11.8 Å². The molecule has 0 saturated heterocycles. The van der Waals surface area contributed by atoms with Crippen LogP contribution in [0.5, 0.6) is 0 Å². The standard InChI is InChI=1S/C10H19NO2S/c1-14-9-4-2-8(3-5-9)10(13)11-6-7-12/h8-9,12H,2-7H2,1H3,(H,11,13). The van der Waals surface area contributed by atoms with E-state index in [1.165, 1.54) is 0 Å². The first kappa shape index (κ1) is 11.9. The van der Waals surface area contributed by atoms with E-state index in [9.17, 15) is 4.79 Å². The summed E-state index contributed by atoms with van der Waals surface area (Å²) in [7, 11) is 0. The Morgan fingerprint density at radius 2 is 2.07 bits per heavy atom. The van der Waals surface area contributed by atoms with Crippen LogP contribution >= 0.6 is 11.8 Å². The van der Waals surface area contributed by atoms with Crippen LogP contribution in [-0.2, 0) is 4.79 Å². The van der Waals surface area contributed by atoms with Crippen LogP contribution in [0.25, 0.3) is 0 Å². The molecule has 4 heteroatoms. The van der Waals surface area contributed by atoms with Gasteiger partial charge in [0.05, 0.1) is 6.61 Å². The number of thioether (sulfide) groups is 1. The fourth-order valence-electron chi connectivity index (χ4n) is 1.88. The van der Waals surface area contributed by atoms with Crippen molar-refractivity contribution in [3.05, 3.63) is 0 Å². The van der Waals surface area contributed by atoms with Gasteiger partial charge in [-0.15, -0.1) is 0 Å². The number of amides is 1. The van der Waals surface area contributed by atoms with E-state index in [0.29, 0.717) is 6.54 Å². The zero-order valence-electron chi connectivity index (χ0n) is 8.66. The van der Waals surface area contributed by atoms with E-state index in [0.717, 1.165) is 30.9 Å². The molecule has 82 valence electrons. The molecule has 0 bridgehead atoms. The molecule has 1 saturated carbocycles. The van der Waals surface area contributed by atoms with Crippen LogP contribution in [0, 0.1) is 5.92 Å². The molecular weight excluding hydrogens is 198 g/mol. The van der Waals surface area contributed by atoms with Crippen LogP contribution in [-0.4, -0.2) is 35.7 Å². The lowest BCUT2D eigenvalue weighted by molar-refractivity contribution is -0.126. The van der Waals surface area contributed by atoms with Gasteiger partial charge in [0, 0.05) is 17.7 Å². The molecule has 14 heavy (non-hydrogen) atoms. The predicted molar refractivity (Wildman–Crippen MR) is 59.4 cm³/mol. The normalized spacial score (nSPS) is 27.3. The summed E-state index contributed by atoms with van der Waals surface area (Å²) in [6.07, 6.45) is 6.44. The second-order valence-electron chi connectivity index (χ2n) is 3.72. The fraction of sp³-hybridized carbons (Fsp3) is 0.900. The van der Waals surface area contributed by atoms with Crippen LogP contribution in [0.15, 0.2) is 0 Å². The fourth-order valence-corrected chi connectivity index (χ4v) is 2.63. The number of rotatable bonds is 4. The lowest BCUT2D eigenvalue weighted by Gasteiger charge is -2.26. The summed E-state index contributed by atoms with van der Waals surface area (Å²) < 4.78 is 0. The number of aliphatic hydroxyl groups is 1. The number of carbonyl (C=O) groups excluding carboxylic acids is 1. The Kier molecular flexibility index (Phi) is 5.33. The molecule has 0 radical (unpaired) electrons. The van der Waals surface area contributed by atoms with Crippen molar-refractivity contribution < 1.29 is 9.90 Å². The zero-order valence-corrected chi connectivity index (χ0v) is 9.48. The molecule has 0 unspecified atom stereocenters. The highest BCUT2D eigenvalue weighted by Gasteiger charge is 2.25. The summed E-state index contributed by atoms with van der Waals surface area (Å²) in [6.45, 7) is 0.424. The van der Waals surface area contributed by atoms with Gasteiger partial charge in [-0.25, -0.2) is 0 Å². The maximum Gasteiger partial charge on any atom is 0.223 e. The first-order valence-electron chi connectivity index (χ1n) is 5.19. The number of hydrogen-bond acceptors (Lipinski definition) is 3. The number of nitrogens with one attached hydrogen (secondary N) is 1. The van der Waals surface area contributed by atoms with Gasteiger partial charge < -0.3 is 10.4 Å². The lowest BCUT2D eigenvalue weighted by Crippen LogP contribution is -2.35. The van der Waals surface area contributed by atoms with E-state index < -0.39 is 0 Å². The molecule has 0 spiro atoms. The van der Waals surface area contributed by atoms with Gasteiger partial charge in [-0.2, -0.15) is 11.8 Å². The summed E-state index contributed by atoms with van der Waals surface area (Å²) in [4.78, 5) is 11.5. The average molecular weight is 217 g/mol. The molecule has 0 aromatic carbocycles. The number of hydrogen-bond donors (Lipinski definition) is 2. The molecule has 0 atom stereocenters. The highest BCUT2D eigenvalue weighted by molar-refractivity contribution is 7.99. The third-order valence-electron chi connectivity index (χ3n) is 2.79. The van der Waals surface area contributed by atoms with Crippen molar-refractivity contribution in [2.24, 2.45) is 5.92 Å². The monoisotopic (exact) mass is 217 g/mol. The Labute approximate surface area is 89.6 Å². The molecule has 0 aromatic rings. The summed E-state index contributed by atoms with van der Waals surface area (Å²) in [5.41, 5.74) is 0. The van der Waals surface area contributed by atoms with Gasteiger partial charge in [0.25, 0.3) is 0 Å². The molecule has 1 rings (SSSR count). The molecule has 2 N–H and O–H groups in total. The molecule has 1 amide bonds. The van der Waals surface area contributed by atoms with Crippen molar-refractivity contribution in [2.75, 3.05) is 19.4 Å². The van der Waals surface area contributed by atoms with Crippen molar-refractivity contribution in [3.63, 3.8) is 0 Å². The average Bonchev–Trinajstić information content (AvgIpc) is 2.26. The Hall–Kier alpha value is -0.220. The minimum Gasteiger partial charge on any atom is -0.395 e. The third-order valence-corrected chi connectivity index (χ3v) is 3.93. The largest absolute Gasteiger partial charge is 0.395 e. The number of carbonyl (C=O) groups is 1. The summed E-state index contributed by atoms with van der Waals surface area (Å²) in [5.74, 6) is 0.309. The quantitative estimate of drug-likeness (QED) is 0.739. The van der Waals surface area contributed by atoms with Crippen LogP contribution in [0.2, 0.25) is 0 Å². The van der Waals surface area contributed by atoms with Gasteiger partial charge in [-0.3, -0.25) is 4.79 Å². The maximum atomic E-state index is 11.5.